The van der Waals surface area contributed by atoms with Gasteiger partial charge in [0.05, 0.1) is 5.56 Å². The van der Waals surface area contributed by atoms with Gasteiger partial charge in [-0.3, -0.25) is 9.78 Å². The minimum absolute atomic E-state index is 0. The molecule has 1 rings (SSSR count). The molecular formula is C6H6CoN2O+2. The molecule has 0 atom stereocenters. The van der Waals surface area contributed by atoms with Crippen LogP contribution in [0.25, 0.3) is 0 Å². The number of rotatable bonds is 1. The molecule has 4 heteroatoms. The van der Waals surface area contributed by atoms with E-state index in [0.717, 1.165) is 0 Å². The molecule has 0 aliphatic rings. The first-order valence-corrected chi connectivity index (χ1v) is 2.50. The minimum Gasteiger partial charge on any atom is -0.366 e. The fraction of sp³-hybridized carbons (Fsp3) is 0. The van der Waals surface area contributed by atoms with Crippen LogP contribution in [-0.2, 0) is 16.8 Å². The minimum atomic E-state index is -0.442. The van der Waals surface area contributed by atoms with Gasteiger partial charge >= 0.3 is 16.8 Å². The molecule has 0 saturated carbocycles. The second kappa shape index (κ2) is 4.02. The third-order valence-corrected chi connectivity index (χ3v) is 0.946. The zero-order valence-corrected chi connectivity index (χ0v) is 6.12. The van der Waals surface area contributed by atoms with Crippen LogP contribution in [0, 0.1) is 0 Å². The summed E-state index contributed by atoms with van der Waals surface area (Å²) in [6.45, 7) is 0. The Bertz CT molecular complexity index is 212. The second-order valence-corrected chi connectivity index (χ2v) is 1.61. The molecule has 0 spiro atoms. The summed E-state index contributed by atoms with van der Waals surface area (Å²) in [5.41, 5.74) is 5.38. The molecule has 0 fully saturated rings. The Morgan fingerprint density at radius 2 is 2.30 bits per heavy atom. The van der Waals surface area contributed by atoms with Crippen LogP contribution < -0.4 is 5.73 Å². The molecule has 1 amide bonds. The Morgan fingerprint density at radius 3 is 2.60 bits per heavy atom. The zero-order valence-electron chi connectivity index (χ0n) is 5.08. The van der Waals surface area contributed by atoms with Gasteiger partial charge in [-0.05, 0) is 12.1 Å². The molecule has 0 bridgehead atoms. The molecule has 10 heavy (non-hydrogen) atoms. The Kier molecular flexibility index (Phi) is 3.67. The summed E-state index contributed by atoms with van der Waals surface area (Å²) in [6.07, 6.45) is 3.02. The number of primary amides is 1. The van der Waals surface area contributed by atoms with Gasteiger partial charge in [0, 0.05) is 12.4 Å². The molecule has 1 aromatic rings. The van der Waals surface area contributed by atoms with Crippen LogP contribution in [-0.4, -0.2) is 10.9 Å². The van der Waals surface area contributed by atoms with Gasteiger partial charge in [0.15, 0.2) is 0 Å². The summed E-state index contributed by atoms with van der Waals surface area (Å²) in [7, 11) is 0. The topological polar surface area (TPSA) is 56.0 Å². The molecule has 0 aliphatic carbocycles. The van der Waals surface area contributed by atoms with E-state index in [-0.39, 0.29) is 16.8 Å². The van der Waals surface area contributed by atoms with E-state index >= 15 is 0 Å². The predicted octanol–water partition coefficient (Wildman–Crippen LogP) is 0.178. The van der Waals surface area contributed by atoms with Crippen LogP contribution in [0.1, 0.15) is 10.4 Å². The predicted molar refractivity (Wildman–Crippen MR) is 32.8 cm³/mol. The number of pyridine rings is 1. The van der Waals surface area contributed by atoms with E-state index in [9.17, 15) is 4.79 Å². The van der Waals surface area contributed by atoms with E-state index < -0.39 is 5.91 Å². The number of amides is 1. The Balaban J connectivity index is 0.000000810. The van der Waals surface area contributed by atoms with E-state index in [1.54, 1.807) is 18.3 Å². The van der Waals surface area contributed by atoms with Gasteiger partial charge in [0.25, 0.3) is 0 Å². The van der Waals surface area contributed by atoms with Crippen LogP contribution in [0.3, 0.4) is 0 Å². The van der Waals surface area contributed by atoms with Gasteiger partial charge in [-0.15, -0.1) is 0 Å². The number of hydrogen-bond acceptors (Lipinski definition) is 2. The third-order valence-electron chi connectivity index (χ3n) is 0.946. The molecule has 0 aromatic carbocycles. The Labute approximate surface area is 68.8 Å². The summed E-state index contributed by atoms with van der Waals surface area (Å²) in [5, 5.41) is 0. The monoisotopic (exact) mass is 181 g/mol. The maximum atomic E-state index is 10.4. The maximum absolute atomic E-state index is 10.4. The Hall–Kier alpha value is -0.874. The van der Waals surface area contributed by atoms with Crippen molar-refractivity contribution in [1.82, 2.24) is 4.98 Å². The van der Waals surface area contributed by atoms with E-state index in [1.165, 1.54) is 6.20 Å². The summed E-state index contributed by atoms with van der Waals surface area (Å²) in [6, 6.07) is 3.29. The summed E-state index contributed by atoms with van der Waals surface area (Å²) < 4.78 is 0. The van der Waals surface area contributed by atoms with Crippen molar-refractivity contribution in [3.8, 4) is 0 Å². The van der Waals surface area contributed by atoms with Crippen molar-refractivity contribution in [2.45, 2.75) is 0 Å². The fourth-order valence-electron chi connectivity index (χ4n) is 0.509. The van der Waals surface area contributed by atoms with E-state index in [1.807, 2.05) is 0 Å². The molecule has 3 nitrogen and oxygen atoms in total. The molecule has 1 aromatic heterocycles. The van der Waals surface area contributed by atoms with Gasteiger partial charge in [0.2, 0.25) is 5.91 Å². The standard InChI is InChI=1S/C6H6N2O.Co/c7-6(9)5-2-1-3-8-4-5;/h1-4H,(H2,7,9);/q;+2. The first kappa shape index (κ1) is 9.13. The van der Waals surface area contributed by atoms with Crippen LogP contribution in [0.4, 0.5) is 0 Å². The average molecular weight is 181 g/mol. The van der Waals surface area contributed by atoms with Crippen LogP contribution in [0.2, 0.25) is 0 Å². The maximum Gasteiger partial charge on any atom is 2.00 e. The van der Waals surface area contributed by atoms with Gasteiger partial charge in [-0.25, -0.2) is 0 Å². The first-order chi connectivity index (χ1) is 4.30. The molecule has 2 N–H and O–H groups in total. The molecule has 0 aliphatic heterocycles. The Morgan fingerprint density at radius 1 is 1.60 bits per heavy atom. The van der Waals surface area contributed by atoms with E-state index in [2.05, 4.69) is 4.98 Å². The van der Waals surface area contributed by atoms with Crippen LogP contribution in [0.15, 0.2) is 24.5 Å². The quantitative estimate of drug-likeness (QED) is 0.671. The number of hydrogen-bond donors (Lipinski definition) is 1. The van der Waals surface area contributed by atoms with Crippen molar-refractivity contribution in [3.05, 3.63) is 30.1 Å². The number of carbonyl (C=O) groups is 1. The number of carbonyl (C=O) groups excluding carboxylic acids is 1. The number of nitrogens with two attached hydrogens (primary N) is 1. The van der Waals surface area contributed by atoms with Crippen molar-refractivity contribution >= 4 is 5.91 Å². The van der Waals surface area contributed by atoms with E-state index in [0.29, 0.717) is 5.56 Å². The molecule has 1 heterocycles. The normalized spacial score (nSPS) is 8.00. The third kappa shape index (κ3) is 2.16. The smallest absolute Gasteiger partial charge is 0.366 e. The number of nitrogens with zero attached hydrogens (tertiary/aromatic N) is 1. The molecule has 0 unspecified atom stereocenters. The molecule has 1 radical (unpaired) electrons. The SMILES string of the molecule is NC(=O)c1cccnc1.[Co+2]. The summed E-state index contributed by atoms with van der Waals surface area (Å²) >= 11 is 0. The van der Waals surface area contributed by atoms with Crippen LogP contribution >= 0.6 is 0 Å². The van der Waals surface area contributed by atoms with Crippen molar-refractivity contribution in [2.24, 2.45) is 5.73 Å². The van der Waals surface area contributed by atoms with Gasteiger partial charge < -0.3 is 5.73 Å². The van der Waals surface area contributed by atoms with Gasteiger partial charge in [-0.2, -0.15) is 0 Å². The second-order valence-electron chi connectivity index (χ2n) is 1.61. The summed E-state index contributed by atoms with van der Waals surface area (Å²) in [5.74, 6) is -0.442. The largest absolute Gasteiger partial charge is 2.00 e. The molecule has 0 saturated heterocycles. The van der Waals surface area contributed by atoms with Gasteiger partial charge in [0.1, 0.15) is 0 Å². The van der Waals surface area contributed by atoms with Crippen molar-refractivity contribution < 1.29 is 21.6 Å². The van der Waals surface area contributed by atoms with Crippen molar-refractivity contribution in [3.63, 3.8) is 0 Å². The average Bonchev–Trinajstić information content (AvgIpc) is 1.90. The van der Waals surface area contributed by atoms with Gasteiger partial charge in [-0.1, -0.05) is 0 Å². The molecular weight excluding hydrogens is 175 g/mol. The summed E-state index contributed by atoms with van der Waals surface area (Å²) in [4.78, 5) is 14.1. The number of aromatic nitrogens is 1. The first-order valence-electron chi connectivity index (χ1n) is 2.50. The van der Waals surface area contributed by atoms with Crippen LogP contribution in [0.5, 0.6) is 0 Å². The van der Waals surface area contributed by atoms with Crippen molar-refractivity contribution in [2.75, 3.05) is 0 Å². The van der Waals surface area contributed by atoms with E-state index in [4.69, 9.17) is 5.73 Å². The fourth-order valence-corrected chi connectivity index (χ4v) is 0.509. The zero-order chi connectivity index (χ0) is 6.69. The molecule has 53 valence electrons. The van der Waals surface area contributed by atoms with Crippen molar-refractivity contribution in [1.29, 1.82) is 0 Å².